The summed E-state index contributed by atoms with van der Waals surface area (Å²) in [6.07, 6.45) is 3.67. The molecule has 0 radical (unpaired) electrons. The smallest absolute Gasteiger partial charge is 0.0679 e. The van der Waals surface area contributed by atoms with Gasteiger partial charge >= 0.3 is 0 Å². The normalized spacial score (nSPS) is 15.3. The first kappa shape index (κ1) is 9.82. The van der Waals surface area contributed by atoms with Crippen molar-refractivity contribution in [2.75, 3.05) is 0 Å². The highest BCUT2D eigenvalue weighted by Crippen LogP contribution is 2.24. The molecule has 2 atom stereocenters. The number of aromatic nitrogens is 1. The summed E-state index contributed by atoms with van der Waals surface area (Å²) in [6.45, 7) is 4.03. The fraction of sp³-hybridized carbons (Fsp3) is 0.500. The van der Waals surface area contributed by atoms with E-state index in [0.29, 0.717) is 0 Å². The zero-order valence-electron chi connectivity index (χ0n) is 7.99. The molecule has 1 aromatic rings. The summed E-state index contributed by atoms with van der Waals surface area (Å²) in [5.74, 6) is 0.172. The topological polar surface area (TPSA) is 65.6 Å². The summed E-state index contributed by atoms with van der Waals surface area (Å²) in [5, 5.41) is 8.93. The first-order valence-corrected chi connectivity index (χ1v) is 4.44. The highest BCUT2D eigenvalue weighted by atomic mass is 14.7. The van der Waals surface area contributed by atoms with Crippen LogP contribution in [-0.2, 0) is 0 Å². The maximum absolute atomic E-state index is 8.93. The number of nitrogens with two attached hydrogens (primary N) is 1. The van der Waals surface area contributed by atoms with Gasteiger partial charge in [0, 0.05) is 18.4 Å². The van der Waals surface area contributed by atoms with Gasteiger partial charge in [0.25, 0.3) is 0 Å². The molecular formula is C10H15N3. The lowest BCUT2D eigenvalue weighted by molar-refractivity contribution is 0.404. The van der Waals surface area contributed by atoms with Crippen molar-refractivity contribution in [1.29, 1.82) is 5.26 Å². The minimum atomic E-state index is -0.184. The van der Waals surface area contributed by atoms with Crippen LogP contribution in [0, 0.1) is 23.2 Å². The van der Waals surface area contributed by atoms with E-state index in [0.717, 1.165) is 5.56 Å². The van der Waals surface area contributed by atoms with Gasteiger partial charge in [-0.1, -0.05) is 13.8 Å². The number of hydrogen-bond acceptors (Lipinski definition) is 2. The predicted octanol–water partition coefficient (Wildman–Crippen LogP) is 1.81. The third-order valence-electron chi connectivity index (χ3n) is 2.26. The number of nitrogens with zero attached hydrogens (tertiary/aromatic N) is 1. The molecule has 0 aliphatic heterocycles. The molecule has 0 saturated carbocycles. The van der Waals surface area contributed by atoms with E-state index in [1.807, 2.05) is 32.3 Å². The molecule has 3 nitrogen and oxygen atoms in total. The maximum atomic E-state index is 8.93. The third-order valence-corrected chi connectivity index (χ3v) is 2.26. The molecule has 3 heteroatoms. The lowest BCUT2D eigenvalue weighted by Crippen LogP contribution is -2.23. The Morgan fingerprint density at radius 3 is 2.62 bits per heavy atom. The van der Waals surface area contributed by atoms with Crippen LogP contribution in [0.3, 0.4) is 0 Å². The fourth-order valence-electron chi connectivity index (χ4n) is 1.40. The number of aromatic amines is 1. The summed E-state index contributed by atoms with van der Waals surface area (Å²) in [5.41, 5.74) is 6.95. The van der Waals surface area contributed by atoms with Crippen molar-refractivity contribution in [3.05, 3.63) is 24.0 Å². The predicted molar refractivity (Wildman–Crippen MR) is 51.7 cm³/mol. The molecule has 0 saturated heterocycles. The molecule has 0 fully saturated rings. The Balaban J connectivity index is 2.78. The van der Waals surface area contributed by atoms with Gasteiger partial charge in [-0.25, -0.2) is 0 Å². The SMILES string of the molecule is CC(C)C(C#N)C(N)c1cc[nH]c1. The second kappa shape index (κ2) is 4.11. The number of H-pyrrole nitrogens is 1. The molecule has 0 amide bonds. The minimum Gasteiger partial charge on any atom is -0.367 e. The van der Waals surface area contributed by atoms with E-state index < -0.39 is 0 Å². The Hall–Kier alpha value is -1.27. The van der Waals surface area contributed by atoms with Crippen molar-refractivity contribution in [3.8, 4) is 6.07 Å². The first-order chi connectivity index (χ1) is 6.16. The highest BCUT2D eigenvalue weighted by Gasteiger charge is 2.22. The summed E-state index contributed by atoms with van der Waals surface area (Å²) >= 11 is 0. The van der Waals surface area contributed by atoms with Gasteiger partial charge in [0.15, 0.2) is 0 Å². The largest absolute Gasteiger partial charge is 0.367 e. The average molecular weight is 177 g/mol. The van der Waals surface area contributed by atoms with Gasteiger partial charge in [0.2, 0.25) is 0 Å². The van der Waals surface area contributed by atoms with Gasteiger partial charge in [-0.2, -0.15) is 5.26 Å². The maximum Gasteiger partial charge on any atom is 0.0679 e. The van der Waals surface area contributed by atoms with Crippen LogP contribution in [0.25, 0.3) is 0 Å². The fourth-order valence-corrected chi connectivity index (χ4v) is 1.40. The molecule has 3 N–H and O–H groups in total. The number of nitrogens with one attached hydrogen (secondary N) is 1. The van der Waals surface area contributed by atoms with Gasteiger partial charge in [0.1, 0.15) is 0 Å². The van der Waals surface area contributed by atoms with Crippen LogP contribution in [-0.4, -0.2) is 4.98 Å². The zero-order valence-corrected chi connectivity index (χ0v) is 7.99. The van der Waals surface area contributed by atoms with E-state index >= 15 is 0 Å². The number of hydrogen-bond donors (Lipinski definition) is 2. The molecule has 0 aliphatic carbocycles. The lowest BCUT2D eigenvalue weighted by Gasteiger charge is -2.19. The van der Waals surface area contributed by atoms with Crippen molar-refractivity contribution in [1.82, 2.24) is 4.98 Å². The second-order valence-corrected chi connectivity index (χ2v) is 3.57. The highest BCUT2D eigenvalue weighted by molar-refractivity contribution is 5.17. The summed E-state index contributed by atoms with van der Waals surface area (Å²) < 4.78 is 0. The standard InChI is InChI=1S/C10H15N3/c1-7(2)9(5-11)10(12)8-3-4-13-6-8/h3-4,6-7,9-10,13H,12H2,1-2H3. The van der Waals surface area contributed by atoms with E-state index in [-0.39, 0.29) is 17.9 Å². The zero-order chi connectivity index (χ0) is 9.84. The Morgan fingerprint density at radius 1 is 1.54 bits per heavy atom. The monoisotopic (exact) mass is 177 g/mol. The van der Waals surface area contributed by atoms with Crippen LogP contribution in [0.1, 0.15) is 25.5 Å². The second-order valence-electron chi connectivity index (χ2n) is 3.57. The van der Waals surface area contributed by atoms with E-state index in [1.165, 1.54) is 0 Å². The van der Waals surface area contributed by atoms with Crippen molar-refractivity contribution >= 4 is 0 Å². The van der Waals surface area contributed by atoms with Crippen LogP contribution < -0.4 is 5.73 Å². The Bertz CT molecular complexity index is 282. The minimum absolute atomic E-state index is 0.115. The number of rotatable bonds is 3. The van der Waals surface area contributed by atoms with E-state index in [4.69, 9.17) is 11.0 Å². The Morgan fingerprint density at radius 2 is 2.23 bits per heavy atom. The van der Waals surface area contributed by atoms with Crippen LogP contribution in [0.2, 0.25) is 0 Å². The molecule has 1 heterocycles. The molecule has 0 bridgehead atoms. The third kappa shape index (κ3) is 2.10. The van der Waals surface area contributed by atoms with E-state index in [2.05, 4.69) is 11.1 Å². The van der Waals surface area contributed by atoms with Gasteiger partial charge in [-0.05, 0) is 17.5 Å². The molecule has 13 heavy (non-hydrogen) atoms. The Labute approximate surface area is 78.6 Å². The molecule has 70 valence electrons. The summed E-state index contributed by atoms with van der Waals surface area (Å²) in [7, 11) is 0. The quantitative estimate of drug-likeness (QED) is 0.739. The summed E-state index contributed by atoms with van der Waals surface area (Å²) in [4.78, 5) is 2.94. The molecule has 0 spiro atoms. The van der Waals surface area contributed by atoms with Gasteiger partial charge in [-0.15, -0.1) is 0 Å². The molecule has 2 unspecified atom stereocenters. The summed E-state index contributed by atoms with van der Waals surface area (Å²) in [6, 6.07) is 3.98. The average Bonchev–Trinajstić information content (AvgIpc) is 2.56. The first-order valence-electron chi connectivity index (χ1n) is 4.44. The van der Waals surface area contributed by atoms with Crippen molar-refractivity contribution in [3.63, 3.8) is 0 Å². The van der Waals surface area contributed by atoms with Gasteiger partial charge in [-0.3, -0.25) is 0 Å². The van der Waals surface area contributed by atoms with Crippen molar-refractivity contribution in [2.45, 2.75) is 19.9 Å². The van der Waals surface area contributed by atoms with Gasteiger partial charge < -0.3 is 10.7 Å². The van der Waals surface area contributed by atoms with Crippen LogP contribution >= 0.6 is 0 Å². The van der Waals surface area contributed by atoms with E-state index in [1.54, 1.807) is 0 Å². The van der Waals surface area contributed by atoms with Crippen LogP contribution in [0.4, 0.5) is 0 Å². The molecule has 1 aromatic heterocycles. The number of nitriles is 1. The lowest BCUT2D eigenvalue weighted by atomic mass is 9.87. The van der Waals surface area contributed by atoms with Crippen LogP contribution in [0.15, 0.2) is 18.5 Å². The van der Waals surface area contributed by atoms with Crippen molar-refractivity contribution < 1.29 is 0 Å². The molecule has 1 rings (SSSR count). The van der Waals surface area contributed by atoms with E-state index in [9.17, 15) is 0 Å². The molecule has 0 aromatic carbocycles. The Kier molecular flexibility index (Phi) is 3.10. The van der Waals surface area contributed by atoms with Crippen molar-refractivity contribution in [2.24, 2.45) is 17.6 Å². The van der Waals surface area contributed by atoms with Gasteiger partial charge in [0.05, 0.1) is 12.0 Å². The molecule has 0 aliphatic rings. The molecular weight excluding hydrogens is 162 g/mol. The van der Waals surface area contributed by atoms with Crippen LogP contribution in [0.5, 0.6) is 0 Å².